The lowest BCUT2D eigenvalue weighted by Crippen LogP contribution is -2.54. The van der Waals surface area contributed by atoms with E-state index in [1.807, 2.05) is 0 Å². The lowest BCUT2D eigenvalue weighted by atomic mass is 10.0. The third-order valence-corrected chi connectivity index (χ3v) is 5.82. The van der Waals surface area contributed by atoms with Gasteiger partial charge in [0.25, 0.3) is 11.8 Å². The van der Waals surface area contributed by atoms with Crippen LogP contribution < -0.4 is 21.3 Å². The van der Waals surface area contributed by atoms with E-state index >= 15 is 0 Å². The van der Waals surface area contributed by atoms with Gasteiger partial charge in [0.2, 0.25) is 11.8 Å². The smallest absolute Gasteiger partial charge is 0.319 e. The maximum Gasteiger partial charge on any atom is 0.319 e. The first-order valence-electron chi connectivity index (χ1n) is 11.5. The van der Waals surface area contributed by atoms with Gasteiger partial charge in [0.15, 0.2) is 0 Å². The Morgan fingerprint density at radius 3 is 2.75 bits per heavy atom. The molecule has 186 valence electrons. The van der Waals surface area contributed by atoms with Crippen LogP contribution in [0.25, 0.3) is 0 Å². The van der Waals surface area contributed by atoms with Crippen molar-refractivity contribution >= 4 is 41.0 Å². The number of terminal acetylenes is 1. The fourth-order valence-electron chi connectivity index (χ4n) is 4.12. The molecule has 0 spiro atoms. The second kappa shape index (κ2) is 10.7. The number of aromatic nitrogens is 2. The van der Waals surface area contributed by atoms with Gasteiger partial charge in [-0.15, -0.1) is 6.42 Å². The molecule has 12 heteroatoms. The molecule has 0 bridgehead atoms. The number of hydrogen-bond acceptors (Lipinski definition) is 7. The van der Waals surface area contributed by atoms with E-state index in [9.17, 15) is 24.0 Å². The van der Waals surface area contributed by atoms with Crippen LogP contribution in [0.4, 0.5) is 16.2 Å². The molecule has 1 aromatic carbocycles. The van der Waals surface area contributed by atoms with Gasteiger partial charge in [-0.05, 0) is 31.4 Å². The second-order valence-electron chi connectivity index (χ2n) is 8.32. The molecular weight excluding hydrogens is 466 g/mol. The zero-order valence-electron chi connectivity index (χ0n) is 19.4. The topological polar surface area (TPSA) is 155 Å². The van der Waals surface area contributed by atoms with Crippen molar-refractivity contribution in [2.24, 2.45) is 0 Å². The summed E-state index contributed by atoms with van der Waals surface area (Å²) in [5, 5.41) is 14.8. The van der Waals surface area contributed by atoms with Gasteiger partial charge in [-0.25, -0.2) is 4.79 Å². The van der Waals surface area contributed by atoms with Crippen molar-refractivity contribution in [2.45, 2.75) is 38.3 Å². The molecule has 2 aliphatic rings. The van der Waals surface area contributed by atoms with Crippen molar-refractivity contribution in [3.63, 3.8) is 0 Å². The maximum absolute atomic E-state index is 13.1. The fraction of sp³-hybridized carbons (Fsp3) is 0.333. The van der Waals surface area contributed by atoms with E-state index in [2.05, 4.69) is 32.3 Å². The number of urea groups is 1. The van der Waals surface area contributed by atoms with Gasteiger partial charge in [0, 0.05) is 31.4 Å². The predicted molar refractivity (Wildman–Crippen MR) is 129 cm³/mol. The van der Waals surface area contributed by atoms with Crippen molar-refractivity contribution in [2.75, 3.05) is 23.7 Å². The monoisotopic (exact) mass is 491 g/mol. The molecule has 2 aliphatic heterocycles. The van der Waals surface area contributed by atoms with E-state index in [1.54, 1.807) is 24.4 Å². The Morgan fingerprint density at radius 1 is 1.17 bits per heavy atom. The lowest BCUT2D eigenvalue weighted by Gasteiger charge is -2.27. The molecule has 1 unspecified atom stereocenters. The summed E-state index contributed by atoms with van der Waals surface area (Å²) in [6.07, 6.45) is 9.89. The minimum absolute atomic E-state index is 0.0658. The molecule has 6 amide bonds. The Bertz CT molecular complexity index is 1260. The van der Waals surface area contributed by atoms with E-state index < -0.39 is 29.7 Å². The standard InChI is InChI=1S/C24H25N7O5/c1-2-12-30-14-15(13-27-30)28-24(36)26-11-4-3-10-25-17-7-5-6-16-20(17)23(35)31(22(16)34)18-8-9-19(32)29-21(18)33/h1,5-7,13-14,18,25H,3-4,8-12H2,(H2,26,28,36)(H,29,32,33). The number of anilines is 2. The van der Waals surface area contributed by atoms with Crippen LogP contribution in [0, 0.1) is 12.3 Å². The van der Waals surface area contributed by atoms with E-state index in [1.165, 1.54) is 10.9 Å². The van der Waals surface area contributed by atoms with E-state index in [4.69, 9.17) is 6.42 Å². The first-order chi connectivity index (χ1) is 17.4. The Hall–Kier alpha value is -4.66. The average Bonchev–Trinajstić information content (AvgIpc) is 3.39. The number of carbonyl (C=O) groups excluding carboxylic acids is 5. The molecule has 3 heterocycles. The van der Waals surface area contributed by atoms with Gasteiger partial charge in [0.05, 0.1) is 23.0 Å². The van der Waals surface area contributed by atoms with Crippen molar-refractivity contribution in [1.82, 2.24) is 25.3 Å². The number of imide groups is 2. The fourth-order valence-corrected chi connectivity index (χ4v) is 4.12. The number of nitrogens with one attached hydrogen (secondary N) is 4. The SMILES string of the molecule is C#CCn1cc(NC(=O)NCCCCNc2cccc3c2C(=O)N(C2CCC(=O)NC2=O)C3=O)cn1. The molecule has 1 fully saturated rings. The zero-order chi connectivity index (χ0) is 25.7. The van der Waals surface area contributed by atoms with Crippen LogP contribution in [-0.2, 0) is 16.1 Å². The summed E-state index contributed by atoms with van der Waals surface area (Å²) in [6, 6.07) is 3.54. The molecule has 36 heavy (non-hydrogen) atoms. The molecule has 1 atom stereocenters. The summed E-state index contributed by atoms with van der Waals surface area (Å²) < 4.78 is 1.53. The summed E-state index contributed by atoms with van der Waals surface area (Å²) >= 11 is 0. The minimum atomic E-state index is -1.01. The van der Waals surface area contributed by atoms with Gasteiger partial charge < -0.3 is 16.0 Å². The zero-order valence-corrected chi connectivity index (χ0v) is 19.4. The lowest BCUT2D eigenvalue weighted by molar-refractivity contribution is -0.136. The highest BCUT2D eigenvalue weighted by Gasteiger charge is 2.45. The number of rotatable bonds is 9. The summed E-state index contributed by atoms with van der Waals surface area (Å²) in [5.41, 5.74) is 1.47. The number of fused-ring (bicyclic) bond motifs is 1. The Balaban J connectivity index is 1.25. The van der Waals surface area contributed by atoms with Crippen LogP contribution in [0.5, 0.6) is 0 Å². The number of unbranched alkanes of at least 4 members (excludes halogenated alkanes) is 1. The van der Waals surface area contributed by atoms with Gasteiger partial charge in [-0.1, -0.05) is 12.0 Å². The average molecular weight is 492 g/mol. The highest BCUT2D eigenvalue weighted by atomic mass is 16.2. The molecule has 0 saturated carbocycles. The van der Waals surface area contributed by atoms with Crippen LogP contribution in [0.3, 0.4) is 0 Å². The van der Waals surface area contributed by atoms with Crippen molar-refractivity contribution in [1.29, 1.82) is 0 Å². The van der Waals surface area contributed by atoms with Gasteiger partial charge >= 0.3 is 6.03 Å². The third-order valence-electron chi connectivity index (χ3n) is 5.82. The number of amides is 6. The first-order valence-corrected chi connectivity index (χ1v) is 11.5. The van der Waals surface area contributed by atoms with Gasteiger partial charge in [-0.3, -0.25) is 34.1 Å². The number of carbonyl (C=O) groups is 5. The second-order valence-corrected chi connectivity index (χ2v) is 8.32. The number of nitrogens with zero attached hydrogens (tertiary/aromatic N) is 3. The molecule has 2 aromatic rings. The van der Waals surface area contributed by atoms with Crippen molar-refractivity contribution in [3.05, 3.63) is 41.7 Å². The van der Waals surface area contributed by atoms with Crippen molar-refractivity contribution < 1.29 is 24.0 Å². The maximum atomic E-state index is 13.1. The Morgan fingerprint density at radius 2 is 1.97 bits per heavy atom. The van der Waals surface area contributed by atoms with Crippen LogP contribution in [-0.4, -0.2) is 63.5 Å². The van der Waals surface area contributed by atoms with Crippen LogP contribution >= 0.6 is 0 Å². The molecule has 1 saturated heterocycles. The number of hydrogen-bond donors (Lipinski definition) is 4. The first kappa shape index (κ1) is 24.5. The van der Waals surface area contributed by atoms with Crippen molar-refractivity contribution in [3.8, 4) is 12.3 Å². The molecule has 4 rings (SSSR count). The van der Waals surface area contributed by atoms with Crippen LogP contribution in [0.2, 0.25) is 0 Å². The van der Waals surface area contributed by atoms with E-state index in [0.717, 1.165) is 4.90 Å². The molecular formula is C24H25N7O5. The molecule has 0 aliphatic carbocycles. The van der Waals surface area contributed by atoms with E-state index in [0.29, 0.717) is 43.9 Å². The largest absolute Gasteiger partial charge is 0.384 e. The summed E-state index contributed by atoms with van der Waals surface area (Å²) in [6.45, 7) is 1.24. The van der Waals surface area contributed by atoms with Gasteiger partial charge in [0.1, 0.15) is 12.6 Å². The Kier molecular flexibility index (Phi) is 7.29. The molecule has 0 radical (unpaired) electrons. The Labute approximate surface area is 206 Å². The quantitative estimate of drug-likeness (QED) is 0.231. The number of piperidine rings is 1. The van der Waals surface area contributed by atoms with Crippen LogP contribution in [0.1, 0.15) is 46.4 Å². The highest BCUT2D eigenvalue weighted by Crippen LogP contribution is 2.32. The molecule has 12 nitrogen and oxygen atoms in total. The molecule has 4 N–H and O–H groups in total. The summed E-state index contributed by atoms with van der Waals surface area (Å²) in [5.74, 6) is 0.286. The number of benzene rings is 1. The minimum Gasteiger partial charge on any atom is -0.384 e. The van der Waals surface area contributed by atoms with E-state index in [-0.39, 0.29) is 30.0 Å². The highest BCUT2D eigenvalue weighted by molar-refractivity contribution is 6.25. The van der Waals surface area contributed by atoms with Gasteiger partial charge in [-0.2, -0.15) is 5.10 Å². The van der Waals surface area contributed by atoms with Crippen LogP contribution in [0.15, 0.2) is 30.6 Å². The summed E-state index contributed by atoms with van der Waals surface area (Å²) in [4.78, 5) is 62.6. The third kappa shape index (κ3) is 5.20. The molecule has 1 aromatic heterocycles. The normalized spacial score (nSPS) is 16.9. The predicted octanol–water partition coefficient (Wildman–Crippen LogP) is 0.931. The summed E-state index contributed by atoms with van der Waals surface area (Å²) in [7, 11) is 0.